The van der Waals surface area contributed by atoms with E-state index >= 15 is 0 Å². The van der Waals surface area contributed by atoms with Crippen LogP contribution in [0.15, 0.2) is 0 Å². The van der Waals surface area contributed by atoms with Gasteiger partial charge < -0.3 is 15.3 Å². The number of aliphatic hydroxyl groups is 1. The third-order valence-electron chi connectivity index (χ3n) is 2.01. The zero-order chi connectivity index (χ0) is 9.40. The quantitative estimate of drug-likeness (QED) is 0.551. The van der Waals surface area contributed by atoms with Gasteiger partial charge in [-0.15, -0.1) is 0 Å². The summed E-state index contributed by atoms with van der Waals surface area (Å²) < 4.78 is 0. The number of carbonyl (C=O) groups is 1. The van der Waals surface area contributed by atoms with Crippen LogP contribution in [0.25, 0.3) is 0 Å². The van der Waals surface area contributed by atoms with Gasteiger partial charge in [0.05, 0.1) is 0 Å². The van der Waals surface area contributed by atoms with Crippen LogP contribution in [0.2, 0.25) is 0 Å². The molecule has 0 aromatic carbocycles. The smallest absolute Gasteiger partial charge is 0.209 e. The summed E-state index contributed by atoms with van der Waals surface area (Å²) in [6.07, 6.45) is 3.26. The fourth-order valence-electron chi connectivity index (χ4n) is 1.34. The highest BCUT2D eigenvalue weighted by Crippen LogP contribution is 2.06. The van der Waals surface area contributed by atoms with Crippen molar-refractivity contribution in [1.82, 2.24) is 10.2 Å². The average Bonchev–Trinajstić information content (AvgIpc) is 2.21. The number of likely N-dealkylation sites (tertiary alicyclic amines) is 1. The third kappa shape index (κ3) is 3.69. The number of nitrogens with one attached hydrogen (secondary N) is 1. The molecule has 4 heteroatoms. The molecule has 72 valence electrons. The molecule has 1 fully saturated rings. The summed E-state index contributed by atoms with van der Waals surface area (Å²) in [5, 5.41) is 10.2. The van der Waals surface area contributed by atoms with E-state index in [1.807, 2.05) is 11.9 Å². The number of hydrogen-bond acceptors (Lipinski definition) is 3. The van der Waals surface area contributed by atoms with Crippen molar-refractivity contribution >= 4 is 6.41 Å². The van der Waals surface area contributed by atoms with Crippen molar-refractivity contribution in [3.05, 3.63) is 0 Å². The second-order valence-corrected chi connectivity index (χ2v) is 2.73. The molecule has 1 heterocycles. The van der Waals surface area contributed by atoms with Crippen molar-refractivity contribution < 1.29 is 9.90 Å². The Morgan fingerprint density at radius 1 is 1.58 bits per heavy atom. The Hall–Kier alpha value is -0.610. The van der Waals surface area contributed by atoms with E-state index in [2.05, 4.69) is 5.32 Å². The Morgan fingerprint density at radius 2 is 2.25 bits per heavy atom. The van der Waals surface area contributed by atoms with E-state index in [9.17, 15) is 4.79 Å². The summed E-state index contributed by atoms with van der Waals surface area (Å²) in [6.45, 7) is 1.81. The molecular formula is C8H18N2O2. The normalized spacial score (nSPS) is 22.6. The molecule has 1 unspecified atom stereocenters. The van der Waals surface area contributed by atoms with Gasteiger partial charge in [0.25, 0.3) is 0 Å². The topological polar surface area (TPSA) is 52.6 Å². The lowest BCUT2D eigenvalue weighted by atomic mass is 10.1. The van der Waals surface area contributed by atoms with Gasteiger partial charge in [-0.25, -0.2) is 0 Å². The molecule has 0 bridgehead atoms. The Kier molecular flexibility index (Phi) is 6.70. The van der Waals surface area contributed by atoms with Crippen LogP contribution < -0.4 is 5.32 Å². The number of amides is 1. The Morgan fingerprint density at radius 3 is 2.75 bits per heavy atom. The Balaban J connectivity index is 0.000000561. The number of nitrogens with zero attached hydrogens (tertiary/aromatic N) is 1. The summed E-state index contributed by atoms with van der Waals surface area (Å²) >= 11 is 0. The largest absolute Gasteiger partial charge is 0.400 e. The first-order valence-electron chi connectivity index (χ1n) is 4.18. The van der Waals surface area contributed by atoms with Crippen LogP contribution in [-0.4, -0.2) is 49.7 Å². The molecule has 1 rings (SSSR count). The number of rotatable bonds is 2. The maximum absolute atomic E-state index is 10.3. The number of piperidine rings is 1. The minimum atomic E-state index is 0.513. The first-order valence-corrected chi connectivity index (χ1v) is 4.18. The highest BCUT2D eigenvalue weighted by atomic mass is 16.2. The standard InChI is InChI=1S/C7H14N2O.CH4O/c1-8-7-3-2-4-9(5-7)6-10;1-2/h6-8H,2-5H2,1H3;2H,1H3. The van der Waals surface area contributed by atoms with Crippen LogP contribution in [0.3, 0.4) is 0 Å². The van der Waals surface area contributed by atoms with Gasteiger partial charge in [-0.2, -0.15) is 0 Å². The molecule has 1 atom stereocenters. The first-order chi connectivity index (χ1) is 5.86. The fourth-order valence-corrected chi connectivity index (χ4v) is 1.34. The van der Waals surface area contributed by atoms with E-state index in [0.29, 0.717) is 6.04 Å². The van der Waals surface area contributed by atoms with Gasteiger partial charge in [0, 0.05) is 26.2 Å². The minimum absolute atomic E-state index is 0.513. The molecule has 4 nitrogen and oxygen atoms in total. The molecule has 0 aromatic rings. The van der Waals surface area contributed by atoms with Crippen molar-refractivity contribution in [2.75, 3.05) is 27.2 Å². The number of hydrogen-bond donors (Lipinski definition) is 2. The molecule has 0 saturated carbocycles. The fraction of sp³-hybridized carbons (Fsp3) is 0.875. The molecule has 0 aliphatic carbocycles. The van der Waals surface area contributed by atoms with Gasteiger partial charge in [0.2, 0.25) is 6.41 Å². The van der Waals surface area contributed by atoms with E-state index in [-0.39, 0.29) is 0 Å². The van der Waals surface area contributed by atoms with Gasteiger partial charge in [0.15, 0.2) is 0 Å². The van der Waals surface area contributed by atoms with E-state index in [4.69, 9.17) is 5.11 Å². The van der Waals surface area contributed by atoms with Crippen molar-refractivity contribution in [2.45, 2.75) is 18.9 Å². The lowest BCUT2D eigenvalue weighted by Gasteiger charge is -2.29. The third-order valence-corrected chi connectivity index (χ3v) is 2.01. The Labute approximate surface area is 73.6 Å². The zero-order valence-corrected chi connectivity index (χ0v) is 7.79. The predicted octanol–water partition coefficient (Wildman–Crippen LogP) is -0.565. The maximum atomic E-state index is 10.3. The van der Waals surface area contributed by atoms with Crippen LogP contribution in [0.5, 0.6) is 0 Å². The summed E-state index contributed by atoms with van der Waals surface area (Å²) in [7, 11) is 2.94. The van der Waals surface area contributed by atoms with E-state index < -0.39 is 0 Å². The lowest BCUT2D eigenvalue weighted by molar-refractivity contribution is -0.119. The van der Waals surface area contributed by atoms with Gasteiger partial charge >= 0.3 is 0 Å². The SMILES string of the molecule is CNC1CCCN(C=O)C1.CO. The number of carbonyl (C=O) groups excluding carboxylic acids is 1. The summed E-state index contributed by atoms with van der Waals surface area (Å²) in [5.41, 5.74) is 0. The first kappa shape index (κ1) is 11.4. The van der Waals surface area contributed by atoms with E-state index in [0.717, 1.165) is 33.0 Å². The highest BCUT2D eigenvalue weighted by Gasteiger charge is 2.15. The molecular weight excluding hydrogens is 156 g/mol. The molecule has 1 saturated heterocycles. The van der Waals surface area contributed by atoms with Crippen LogP contribution in [0.4, 0.5) is 0 Å². The van der Waals surface area contributed by atoms with Crippen molar-refractivity contribution in [3.63, 3.8) is 0 Å². The van der Waals surface area contributed by atoms with Gasteiger partial charge in [-0.05, 0) is 19.9 Å². The van der Waals surface area contributed by atoms with Gasteiger partial charge in [-0.3, -0.25) is 4.79 Å². The van der Waals surface area contributed by atoms with Crippen LogP contribution in [-0.2, 0) is 4.79 Å². The second kappa shape index (κ2) is 7.06. The maximum Gasteiger partial charge on any atom is 0.209 e. The summed E-state index contributed by atoms with van der Waals surface area (Å²) in [4.78, 5) is 12.1. The van der Waals surface area contributed by atoms with Gasteiger partial charge in [0.1, 0.15) is 0 Å². The minimum Gasteiger partial charge on any atom is -0.400 e. The average molecular weight is 174 g/mol. The lowest BCUT2D eigenvalue weighted by Crippen LogP contribution is -2.43. The van der Waals surface area contributed by atoms with E-state index in [1.54, 1.807) is 0 Å². The second-order valence-electron chi connectivity index (χ2n) is 2.73. The molecule has 2 N–H and O–H groups in total. The highest BCUT2D eigenvalue weighted by molar-refractivity contribution is 5.47. The number of aliphatic hydroxyl groups excluding tert-OH is 1. The van der Waals surface area contributed by atoms with E-state index in [1.165, 1.54) is 6.42 Å². The predicted molar refractivity (Wildman–Crippen MR) is 47.9 cm³/mol. The molecule has 1 aliphatic rings. The van der Waals surface area contributed by atoms with Crippen molar-refractivity contribution in [3.8, 4) is 0 Å². The molecule has 12 heavy (non-hydrogen) atoms. The van der Waals surface area contributed by atoms with Crippen LogP contribution in [0, 0.1) is 0 Å². The van der Waals surface area contributed by atoms with Crippen molar-refractivity contribution in [2.24, 2.45) is 0 Å². The Bertz CT molecular complexity index is 120. The van der Waals surface area contributed by atoms with Crippen LogP contribution >= 0.6 is 0 Å². The van der Waals surface area contributed by atoms with Crippen molar-refractivity contribution in [1.29, 1.82) is 0 Å². The van der Waals surface area contributed by atoms with Gasteiger partial charge in [-0.1, -0.05) is 0 Å². The monoisotopic (exact) mass is 174 g/mol. The molecule has 0 aromatic heterocycles. The molecule has 1 aliphatic heterocycles. The molecule has 0 radical (unpaired) electrons. The number of likely N-dealkylation sites (N-methyl/N-ethyl adjacent to an activating group) is 1. The molecule has 0 spiro atoms. The summed E-state index contributed by atoms with van der Waals surface area (Å²) in [6, 6.07) is 0.513. The summed E-state index contributed by atoms with van der Waals surface area (Å²) in [5.74, 6) is 0. The molecule has 1 amide bonds. The zero-order valence-electron chi connectivity index (χ0n) is 7.79. The van der Waals surface area contributed by atoms with Crippen LogP contribution in [0.1, 0.15) is 12.8 Å².